The van der Waals surface area contributed by atoms with Gasteiger partial charge in [-0.05, 0) is 65.2 Å². The molecule has 0 aliphatic carbocycles. The maximum absolute atomic E-state index is 12.7. The predicted octanol–water partition coefficient (Wildman–Crippen LogP) is 3.96. The Labute approximate surface area is 143 Å². The van der Waals surface area contributed by atoms with Gasteiger partial charge in [-0.1, -0.05) is 0 Å². The van der Waals surface area contributed by atoms with Gasteiger partial charge in [0.25, 0.3) is 0 Å². The van der Waals surface area contributed by atoms with E-state index in [1.165, 1.54) is 15.6 Å². The van der Waals surface area contributed by atoms with E-state index >= 15 is 0 Å². The van der Waals surface area contributed by atoms with Gasteiger partial charge in [0.1, 0.15) is 5.75 Å². The summed E-state index contributed by atoms with van der Waals surface area (Å²) in [5.74, 6) is 0.726. The van der Waals surface area contributed by atoms with E-state index in [-0.39, 0.29) is 0 Å². The topological polar surface area (TPSA) is 46.6 Å². The Kier molecular flexibility index (Phi) is 5.32. The van der Waals surface area contributed by atoms with Crippen LogP contribution >= 0.6 is 27.3 Å². The zero-order valence-corrected chi connectivity index (χ0v) is 16.1. The number of benzene rings is 1. The molecule has 0 amide bonds. The van der Waals surface area contributed by atoms with Crippen LogP contribution in [0.3, 0.4) is 0 Å². The first-order chi connectivity index (χ1) is 10.3. The Morgan fingerprint density at radius 1 is 1.23 bits per heavy atom. The number of hydrogen-bond donors (Lipinski definition) is 0. The van der Waals surface area contributed by atoms with Crippen molar-refractivity contribution in [2.24, 2.45) is 0 Å². The van der Waals surface area contributed by atoms with E-state index in [0.29, 0.717) is 11.4 Å². The van der Waals surface area contributed by atoms with Gasteiger partial charge in [-0.15, -0.1) is 11.3 Å². The quantitative estimate of drug-likeness (QED) is 0.758. The molecule has 0 saturated carbocycles. The van der Waals surface area contributed by atoms with Crippen LogP contribution in [0.15, 0.2) is 32.9 Å². The zero-order valence-electron chi connectivity index (χ0n) is 12.9. The predicted molar refractivity (Wildman–Crippen MR) is 93.1 cm³/mol. The normalized spacial score (nSPS) is 11.9. The highest BCUT2D eigenvalue weighted by Gasteiger charge is 2.23. The molecule has 0 bridgehead atoms. The molecule has 0 spiro atoms. The molecule has 0 aliphatic rings. The van der Waals surface area contributed by atoms with Crippen LogP contribution < -0.4 is 4.74 Å². The molecule has 0 N–H and O–H groups in total. The first-order valence-corrected chi connectivity index (χ1v) is 9.66. The average molecular weight is 404 g/mol. The van der Waals surface area contributed by atoms with Gasteiger partial charge in [-0.3, -0.25) is 0 Å². The van der Waals surface area contributed by atoms with Gasteiger partial charge < -0.3 is 4.74 Å². The molecule has 0 atom stereocenters. The van der Waals surface area contributed by atoms with Crippen molar-refractivity contribution >= 4 is 37.3 Å². The zero-order chi connectivity index (χ0) is 16.5. The smallest absolute Gasteiger partial charge is 0.243 e. The summed E-state index contributed by atoms with van der Waals surface area (Å²) in [6, 6.07) is 7.15. The van der Waals surface area contributed by atoms with Gasteiger partial charge in [-0.25, -0.2) is 8.42 Å². The lowest BCUT2D eigenvalue weighted by Crippen LogP contribution is -2.26. The first kappa shape index (κ1) is 17.5. The minimum absolute atomic E-state index is 0.293. The highest BCUT2D eigenvalue weighted by Crippen LogP contribution is 2.29. The van der Waals surface area contributed by atoms with Crippen molar-refractivity contribution < 1.29 is 13.2 Å². The summed E-state index contributed by atoms with van der Waals surface area (Å²) in [6.07, 6.45) is 0. The molecule has 1 heterocycles. The summed E-state index contributed by atoms with van der Waals surface area (Å²) in [4.78, 5) is 1.28. The van der Waals surface area contributed by atoms with Crippen LogP contribution in [0, 0.1) is 13.8 Å². The van der Waals surface area contributed by atoms with Crippen LogP contribution in [0.4, 0.5) is 0 Å². The molecule has 0 fully saturated rings. The molecule has 1 aromatic carbocycles. The van der Waals surface area contributed by atoms with E-state index in [1.807, 2.05) is 26.0 Å². The Morgan fingerprint density at radius 2 is 1.82 bits per heavy atom. The molecule has 2 rings (SSSR count). The molecule has 2 aromatic rings. The van der Waals surface area contributed by atoms with Crippen molar-refractivity contribution in [1.82, 2.24) is 4.31 Å². The van der Waals surface area contributed by atoms with Crippen molar-refractivity contribution in [3.8, 4) is 5.75 Å². The summed E-state index contributed by atoms with van der Waals surface area (Å²) >= 11 is 4.92. The lowest BCUT2D eigenvalue weighted by Gasteiger charge is -2.18. The van der Waals surface area contributed by atoms with Crippen molar-refractivity contribution in [3.05, 3.63) is 44.1 Å². The highest BCUT2D eigenvalue weighted by molar-refractivity contribution is 9.11. The first-order valence-electron chi connectivity index (χ1n) is 6.61. The fourth-order valence-corrected chi connectivity index (χ4v) is 5.24. The van der Waals surface area contributed by atoms with Gasteiger partial charge in [0.15, 0.2) is 0 Å². The van der Waals surface area contributed by atoms with E-state index < -0.39 is 10.0 Å². The maximum atomic E-state index is 12.7. The average Bonchev–Trinajstić information content (AvgIpc) is 2.83. The van der Waals surface area contributed by atoms with Gasteiger partial charge >= 0.3 is 0 Å². The SMILES string of the molecule is COc1c(C)cc(S(=O)(=O)N(C)Cc2ccc(Br)s2)cc1C. The van der Waals surface area contributed by atoms with E-state index in [4.69, 9.17) is 4.74 Å². The number of halogens is 1. The molecule has 0 unspecified atom stereocenters. The molecule has 0 aliphatic heterocycles. The summed E-state index contributed by atoms with van der Waals surface area (Å²) in [6.45, 7) is 4.05. The summed E-state index contributed by atoms with van der Waals surface area (Å²) < 4.78 is 33.1. The molecule has 1 aromatic heterocycles. The Balaban J connectivity index is 2.33. The number of hydrogen-bond acceptors (Lipinski definition) is 4. The second-order valence-electron chi connectivity index (χ2n) is 5.06. The minimum atomic E-state index is -3.53. The number of rotatable bonds is 5. The Morgan fingerprint density at radius 3 is 2.27 bits per heavy atom. The second-order valence-corrected chi connectivity index (χ2v) is 9.65. The lowest BCUT2D eigenvalue weighted by molar-refractivity contribution is 0.408. The third-order valence-corrected chi connectivity index (χ3v) is 6.74. The monoisotopic (exact) mass is 403 g/mol. The highest BCUT2D eigenvalue weighted by atomic mass is 79.9. The van der Waals surface area contributed by atoms with Gasteiger partial charge in [0.05, 0.1) is 15.8 Å². The van der Waals surface area contributed by atoms with Crippen LogP contribution in [0.25, 0.3) is 0 Å². The summed E-state index contributed by atoms with van der Waals surface area (Å²) in [5.41, 5.74) is 1.63. The van der Waals surface area contributed by atoms with Crippen LogP contribution in [-0.2, 0) is 16.6 Å². The number of aryl methyl sites for hydroxylation is 2. The van der Waals surface area contributed by atoms with E-state index in [9.17, 15) is 8.42 Å². The van der Waals surface area contributed by atoms with Gasteiger partial charge in [0.2, 0.25) is 10.0 Å². The minimum Gasteiger partial charge on any atom is -0.496 e. The maximum Gasteiger partial charge on any atom is 0.243 e. The Hall–Kier alpha value is -0.890. The number of ether oxygens (including phenoxy) is 1. The standard InChI is InChI=1S/C15H18BrNO3S2/c1-10-7-13(8-11(2)15(10)20-4)22(18,19)17(3)9-12-5-6-14(16)21-12/h5-8H,9H2,1-4H3. The fourth-order valence-electron chi connectivity index (χ4n) is 2.30. The lowest BCUT2D eigenvalue weighted by atomic mass is 10.1. The van der Waals surface area contributed by atoms with Crippen molar-refractivity contribution in [3.63, 3.8) is 0 Å². The van der Waals surface area contributed by atoms with Crippen LogP contribution in [0.1, 0.15) is 16.0 Å². The number of methoxy groups -OCH3 is 1. The third-order valence-electron chi connectivity index (χ3n) is 3.35. The molecule has 120 valence electrons. The van der Waals surface area contributed by atoms with Crippen molar-refractivity contribution in [2.45, 2.75) is 25.3 Å². The molecule has 4 nitrogen and oxygen atoms in total. The number of nitrogens with zero attached hydrogens (tertiary/aromatic N) is 1. The molecule has 7 heteroatoms. The van der Waals surface area contributed by atoms with Crippen LogP contribution in [0.2, 0.25) is 0 Å². The summed E-state index contributed by atoms with van der Waals surface area (Å²) in [5, 5.41) is 0. The molecular weight excluding hydrogens is 386 g/mol. The number of sulfonamides is 1. The molecule has 0 saturated heterocycles. The van der Waals surface area contributed by atoms with Crippen molar-refractivity contribution in [1.29, 1.82) is 0 Å². The number of thiophene rings is 1. The van der Waals surface area contributed by atoms with Crippen molar-refractivity contribution in [2.75, 3.05) is 14.2 Å². The fraction of sp³-hybridized carbons (Fsp3) is 0.333. The van der Waals surface area contributed by atoms with Crippen LogP contribution in [-0.4, -0.2) is 26.9 Å². The van der Waals surface area contributed by atoms with Crippen LogP contribution in [0.5, 0.6) is 5.75 Å². The van der Waals surface area contributed by atoms with Gasteiger partial charge in [-0.2, -0.15) is 4.31 Å². The van der Waals surface area contributed by atoms with Gasteiger partial charge in [0, 0.05) is 18.5 Å². The third kappa shape index (κ3) is 3.53. The summed E-state index contributed by atoms with van der Waals surface area (Å²) in [7, 11) is -0.346. The van der Waals surface area contributed by atoms with E-state index in [2.05, 4.69) is 15.9 Å². The largest absolute Gasteiger partial charge is 0.496 e. The Bertz CT molecular complexity index is 761. The second kappa shape index (κ2) is 6.70. The molecule has 22 heavy (non-hydrogen) atoms. The molecule has 0 radical (unpaired) electrons. The van der Waals surface area contributed by atoms with E-state index in [0.717, 1.165) is 25.5 Å². The van der Waals surface area contributed by atoms with E-state index in [1.54, 1.807) is 26.3 Å². The molecular formula is C15H18BrNO3S2.